The highest BCUT2D eigenvalue weighted by molar-refractivity contribution is 6.10. The summed E-state index contributed by atoms with van der Waals surface area (Å²) < 4.78 is 5.96. The lowest BCUT2D eigenvalue weighted by atomic mass is 9.89. The molecule has 0 unspecified atom stereocenters. The number of hydrogen-bond donors (Lipinski definition) is 4. The normalized spacial score (nSPS) is 13.0. The Hall–Kier alpha value is -5.85. The minimum absolute atomic E-state index is 0.0267. The lowest BCUT2D eigenvalue weighted by Crippen LogP contribution is -2.33. The molecule has 0 spiro atoms. The van der Waals surface area contributed by atoms with Crippen LogP contribution in [0.3, 0.4) is 0 Å². The van der Waals surface area contributed by atoms with Crippen LogP contribution in [0, 0.1) is 5.41 Å². The second-order valence-corrected chi connectivity index (χ2v) is 9.75. The standard InChI is InChI=1S/C30H24N4O9/c31-16-2-5-19-23(12-16)42-24-13-17(32)3-6-20(24)29(19)18-4-1-15(11-21(18)30(40)41)22(35)14-33-25(36)7-10-28(39)43-34-26(37)8-9-27(34)38/h1-6,11-13,31H,7-10,14,32H2,(H,33,36)(H,40,41). The minimum atomic E-state index is -1.29. The van der Waals surface area contributed by atoms with Gasteiger partial charge in [-0.25, -0.2) is 9.59 Å². The van der Waals surface area contributed by atoms with Crippen molar-refractivity contribution in [3.8, 4) is 22.5 Å². The Bertz CT molecular complexity index is 1860. The first-order valence-electron chi connectivity index (χ1n) is 13.1. The lowest BCUT2D eigenvalue weighted by Gasteiger charge is -2.17. The maximum atomic E-state index is 12.9. The van der Waals surface area contributed by atoms with Crippen molar-refractivity contribution in [1.29, 1.82) is 5.41 Å². The smallest absolute Gasteiger partial charge is 0.336 e. The van der Waals surface area contributed by atoms with Crippen LogP contribution in [0.1, 0.15) is 46.4 Å². The van der Waals surface area contributed by atoms with E-state index in [1.165, 1.54) is 24.3 Å². The van der Waals surface area contributed by atoms with Crippen molar-refractivity contribution < 1.29 is 43.1 Å². The Morgan fingerprint density at radius 1 is 0.953 bits per heavy atom. The summed E-state index contributed by atoms with van der Waals surface area (Å²) in [5, 5.41) is 21.6. The van der Waals surface area contributed by atoms with Crippen molar-refractivity contribution in [2.45, 2.75) is 25.7 Å². The SMILES string of the molecule is N=c1ccc2c(-c3ccc(C(=O)CNC(=O)CCC(=O)ON4C(=O)CCC4=O)cc3C(=O)O)c3ccc(N)cc3oc-2c1. The van der Waals surface area contributed by atoms with Crippen LogP contribution in [0.5, 0.6) is 0 Å². The molecule has 0 radical (unpaired) electrons. The highest BCUT2D eigenvalue weighted by Gasteiger charge is 2.33. The van der Waals surface area contributed by atoms with Gasteiger partial charge in [0, 0.05) is 59.2 Å². The Morgan fingerprint density at radius 3 is 2.40 bits per heavy atom. The molecule has 1 aliphatic carbocycles. The summed E-state index contributed by atoms with van der Waals surface area (Å²) in [5.41, 5.74) is 7.98. The molecule has 2 aromatic carbocycles. The monoisotopic (exact) mass is 584 g/mol. The zero-order valence-electron chi connectivity index (χ0n) is 22.5. The summed E-state index contributed by atoms with van der Waals surface area (Å²) in [7, 11) is 0. The summed E-state index contributed by atoms with van der Waals surface area (Å²) in [6.07, 6.45) is -0.926. The van der Waals surface area contributed by atoms with Gasteiger partial charge in [0.25, 0.3) is 11.8 Å². The number of hydroxylamine groups is 2. The molecule has 1 fully saturated rings. The number of carboxylic acids is 1. The lowest BCUT2D eigenvalue weighted by molar-refractivity contribution is -0.197. The molecule has 2 heterocycles. The van der Waals surface area contributed by atoms with Crippen LogP contribution in [0.4, 0.5) is 5.69 Å². The summed E-state index contributed by atoms with van der Waals surface area (Å²) >= 11 is 0. The number of rotatable bonds is 9. The van der Waals surface area contributed by atoms with Crippen LogP contribution < -0.4 is 16.4 Å². The molecule has 3 amide bonds. The number of anilines is 1. The Balaban J connectivity index is 1.34. The fraction of sp³-hybridized carbons (Fsp3) is 0.167. The first kappa shape index (κ1) is 28.7. The number of nitrogens with two attached hydrogens (primary N) is 1. The highest BCUT2D eigenvalue weighted by atomic mass is 16.7. The van der Waals surface area contributed by atoms with Crippen molar-refractivity contribution in [1.82, 2.24) is 10.4 Å². The van der Waals surface area contributed by atoms with E-state index in [4.69, 9.17) is 20.4 Å². The number of benzene rings is 3. The molecule has 0 atom stereocenters. The van der Waals surface area contributed by atoms with Gasteiger partial charge in [0.2, 0.25) is 5.91 Å². The number of ketones is 1. The molecule has 2 aliphatic heterocycles. The molecule has 13 nitrogen and oxygen atoms in total. The number of carbonyl (C=O) groups excluding carboxylic acids is 5. The summed E-state index contributed by atoms with van der Waals surface area (Å²) in [4.78, 5) is 77.2. The average molecular weight is 585 g/mol. The van der Waals surface area contributed by atoms with Crippen molar-refractivity contribution in [3.63, 3.8) is 0 Å². The van der Waals surface area contributed by atoms with E-state index in [9.17, 15) is 33.9 Å². The number of nitrogen functional groups attached to an aromatic ring is 1. The van der Waals surface area contributed by atoms with Crippen LogP contribution in [0.15, 0.2) is 59.0 Å². The highest BCUT2D eigenvalue weighted by Crippen LogP contribution is 2.41. The molecule has 5 N–H and O–H groups in total. The number of carboxylic acid groups (broad SMARTS) is 1. The molecule has 0 saturated carbocycles. The van der Waals surface area contributed by atoms with E-state index < -0.39 is 48.4 Å². The van der Waals surface area contributed by atoms with Gasteiger partial charge in [-0.3, -0.25) is 19.2 Å². The van der Waals surface area contributed by atoms with Gasteiger partial charge in [-0.15, -0.1) is 5.06 Å². The van der Waals surface area contributed by atoms with E-state index in [0.717, 1.165) is 0 Å². The van der Waals surface area contributed by atoms with Gasteiger partial charge in [0.15, 0.2) is 5.78 Å². The number of amides is 3. The third-order valence-electron chi connectivity index (χ3n) is 6.79. The van der Waals surface area contributed by atoms with Gasteiger partial charge in [-0.2, -0.15) is 0 Å². The molecule has 5 rings (SSSR count). The van der Waals surface area contributed by atoms with E-state index in [1.54, 1.807) is 30.3 Å². The number of nitrogens with zero attached hydrogens (tertiary/aromatic N) is 1. The van der Waals surface area contributed by atoms with Gasteiger partial charge in [-0.05, 0) is 35.9 Å². The van der Waals surface area contributed by atoms with Crippen LogP contribution in [-0.4, -0.2) is 52.2 Å². The van der Waals surface area contributed by atoms with E-state index >= 15 is 0 Å². The van der Waals surface area contributed by atoms with Crippen molar-refractivity contribution in [3.05, 3.63) is 71.1 Å². The number of nitrogens with one attached hydrogen (secondary N) is 2. The largest absolute Gasteiger partial charge is 0.478 e. The van der Waals surface area contributed by atoms with Crippen molar-refractivity contribution in [2.24, 2.45) is 0 Å². The number of imide groups is 1. The first-order chi connectivity index (χ1) is 20.5. The third-order valence-corrected chi connectivity index (χ3v) is 6.79. The maximum Gasteiger partial charge on any atom is 0.336 e. The zero-order valence-corrected chi connectivity index (χ0v) is 22.5. The average Bonchev–Trinajstić information content (AvgIpc) is 3.29. The predicted octanol–water partition coefficient (Wildman–Crippen LogP) is 2.65. The molecular formula is C30H24N4O9. The Kier molecular flexibility index (Phi) is 7.71. The topological polar surface area (TPSA) is 210 Å². The number of fused-ring (bicyclic) bond motifs is 2. The van der Waals surface area contributed by atoms with Crippen LogP contribution in [0.25, 0.3) is 33.4 Å². The van der Waals surface area contributed by atoms with E-state index in [1.807, 2.05) is 0 Å². The van der Waals surface area contributed by atoms with Gasteiger partial charge < -0.3 is 30.8 Å². The van der Waals surface area contributed by atoms with Crippen molar-refractivity contribution in [2.75, 3.05) is 12.3 Å². The molecule has 0 aromatic heterocycles. The van der Waals surface area contributed by atoms with Crippen molar-refractivity contribution >= 4 is 52.1 Å². The van der Waals surface area contributed by atoms with Crippen LogP contribution in [0.2, 0.25) is 0 Å². The molecule has 43 heavy (non-hydrogen) atoms. The fourth-order valence-electron chi connectivity index (χ4n) is 4.70. The molecule has 1 saturated heterocycles. The molecule has 13 heteroatoms. The van der Waals surface area contributed by atoms with Crippen LogP contribution >= 0.6 is 0 Å². The number of carbonyl (C=O) groups is 6. The van der Waals surface area contributed by atoms with Gasteiger partial charge in [0.1, 0.15) is 11.3 Å². The zero-order chi connectivity index (χ0) is 30.8. The van der Waals surface area contributed by atoms with E-state index in [0.29, 0.717) is 44.2 Å². The summed E-state index contributed by atoms with van der Waals surface area (Å²) in [6, 6.07) is 13.8. The van der Waals surface area contributed by atoms with Crippen LogP contribution in [-0.2, 0) is 24.0 Å². The quantitative estimate of drug-likeness (QED) is 0.0977. The van der Waals surface area contributed by atoms with Gasteiger partial charge >= 0.3 is 11.9 Å². The molecule has 218 valence electrons. The fourth-order valence-corrected chi connectivity index (χ4v) is 4.70. The minimum Gasteiger partial charge on any atom is -0.478 e. The molecule has 0 bridgehead atoms. The molecule has 2 aromatic rings. The maximum absolute atomic E-state index is 12.9. The Morgan fingerprint density at radius 2 is 1.67 bits per heavy atom. The summed E-state index contributed by atoms with van der Waals surface area (Å²) in [6.45, 7) is -0.475. The number of Topliss-reactive ketones (excluding diaryl/α,β-unsaturated/α-hetero) is 1. The number of hydrogen-bond acceptors (Lipinski definition) is 10. The second-order valence-electron chi connectivity index (χ2n) is 9.75. The predicted molar refractivity (Wildman–Crippen MR) is 149 cm³/mol. The van der Waals surface area contributed by atoms with E-state index in [2.05, 4.69) is 5.32 Å². The first-order valence-corrected chi connectivity index (χ1v) is 13.1. The second kappa shape index (κ2) is 11.6. The molecular weight excluding hydrogens is 560 g/mol. The summed E-state index contributed by atoms with van der Waals surface area (Å²) in [5.74, 6) is -4.44. The molecule has 3 aliphatic rings. The number of aromatic carboxylic acids is 1. The van der Waals surface area contributed by atoms with E-state index in [-0.39, 0.29) is 35.7 Å². The van der Waals surface area contributed by atoms with Gasteiger partial charge in [0.05, 0.1) is 23.9 Å². The van der Waals surface area contributed by atoms with Gasteiger partial charge in [-0.1, -0.05) is 12.1 Å². The third kappa shape index (κ3) is 5.95. The Labute approximate surface area is 242 Å².